The van der Waals surface area contributed by atoms with Gasteiger partial charge < -0.3 is 5.11 Å². The molecule has 0 bridgehead atoms. The first-order valence-electron chi connectivity index (χ1n) is 11.0. The molecule has 1 fully saturated rings. The molecule has 0 aliphatic carbocycles. The number of aryl methyl sites for hydroxylation is 2. The van der Waals surface area contributed by atoms with Gasteiger partial charge in [-0.05, 0) is 66.3 Å². The average molecular weight is 441 g/mol. The van der Waals surface area contributed by atoms with E-state index < -0.39 is 17.7 Å². The summed E-state index contributed by atoms with van der Waals surface area (Å²) in [4.78, 5) is 32.1. The molecule has 4 rings (SSSR count). The van der Waals surface area contributed by atoms with Crippen LogP contribution in [0.25, 0.3) is 5.76 Å². The molecule has 1 atom stereocenters. The van der Waals surface area contributed by atoms with E-state index in [9.17, 15) is 14.7 Å². The monoisotopic (exact) mass is 440 g/mol. The molecule has 0 radical (unpaired) electrons. The number of aromatic nitrogens is 1. The molecule has 168 valence electrons. The lowest BCUT2D eigenvalue weighted by Gasteiger charge is -2.26. The zero-order chi connectivity index (χ0) is 23.9. The molecule has 1 saturated heterocycles. The molecule has 1 aromatic heterocycles. The van der Waals surface area contributed by atoms with Gasteiger partial charge in [0, 0.05) is 23.6 Å². The normalized spacial score (nSPS) is 18.1. The maximum Gasteiger partial charge on any atom is 0.300 e. The number of ketones is 1. The molecular weight excluding hydrogens is 412 g/mol. The highest BCUT2D eigenvalue weighted by Crippen LogP contribution is 2.42. The first-order chi connectivity index (χ1) is 15.6. The summed E-state index contributed by atoms with van der Waals surface area (Å²) in [7, 11) is 0. The van der Waals surface area contributed by atoms with E-state index in [0.29, 0.717) is 16.8 Å². The molecule has 1 aliphatic heterocycles. The second-order valence-corrected chi connectivity index (χ2v) is 9.56. The van der Waals surface area contributed by atoms with Gasteiger partial charge in [-0.2, -0.15) is 0 Å². The van der Waals surface area contributed by atoms with Crippen molar-refractivity contribution in [2.75, 3.05) is 4.90 Å². The molecule has 3 aromatic rings. The van der Waals surface area contributed by atoms with Crippen molar-refractivity contribution >= 4 is 23.1 Å². The average Bonchev–Trinajstić information content (AvgIpc) is 3.05. The number of aliphatic hydroxyl groups excluding tert-OH is 1. The number of nitrogens with zero attached hydrogens (tertiary/aromatic N) is 2. The Bertz CT molecular complexity index is 1250. The van der Waals surface area contributed by atoms with Crippen LogP contribution in [0.15, 0.2) is 72.6 Å². The minimum absolute atomic E-state index is 0.0842. The summed E-state index contributed by atoms with van der Waals surface area (Å²) in [5.74, 6) is -1.52. The van der Waals surface area contributed by atoms with Gasteiger partial charge in [0.1, 0.15) is 5.76 Å². The number of pyridine rings is 1. The number of carbonyl (C=O) groups is 2. The van der Waals surface area contributed by atoms with Crippen LogP contribution in [-0.2, 0) is 15.0 Å². The van der Waals surface area contributed by atoms with Crippen LogP contribution >= 0.6 is 0 Å². The molecule has 5 heteroatoms. The Labute approximate surface area is 194 Å². The topological polar surface area (TPSA) is 70.5 Å². The van der Waals surface area contributed by atoms with Crippen molar-refractivity contribution in [2.45, 2.75) is 46.1 Å². The predicted octanol–water partition coefficient (Wildman–Crippen LogP) is 5.62. The van der Waals surface area contributed by atoms with Crippen molar-refractivity contribution in [3.05, 3.63) is 100 Å². The lowest BCUT2D eigenvalue weighted by atomic mass is 9.84. The standard InChI is InChI=1S/C28H28N2O3/c1-17-6-10-21(11-7-17)30-24(19-12-14-29-15-13-19)23(26(32)27(30)33)25(31)22-16-20(28(3,4)5)9-8-18(22)2/h6-16,24,31H,1-5H3/b25-23+. The highest BCUT2D eigenvalue weighted by molar-refractivity contribution is 6.51. The van der Waals surface area contributed by atoms with E-state index in [-0.39, 0.29) is 16.7 Å². The first-order valence-corrected chi connectivity index (χ1v) is 11.0. The Morgan fingerprint density at radius 1 is 0.939 bits per heavy atom. The molecule has 5 nitrogen and oxygen atoms in total. The van der Waals surface area contributed by atoms with Gasteiger partial charge in [-0.3, -0.25) is 19.5 Å². The molecule has 33 heavy (non-hydrogen) atoms. The van der Waals surface area contributed by atoms with E-state index in [2.05, 4.69) is 25.8 Å². The number of aliphatic hydroxyl groups is 1. The molecule has 1 unspecified atom stereocenters. The van der Waals surface area contributed by atoms with Crippen molar-refractivity contribution < 1.29 is 14.7 Å². The summed E-state index contributed by atoms with van der Waals surface area (Å²) >= 11 is 0. The lowest BCUT2D eigenvalue weighted by Crippen LogP contribution is -2.29. The Balaban J connectivity index is 1.96. The molecule has 2 heterocycles. The molecule has 1 N–H and O–H groups in total. The van der Waals surface area contributed by atoms with Crippen LogP contribution in [0.4, 0.5) is 5.69 Å². The molecular formula is C28H28N2O3. The van der Waals surface area contributed by atoms with Gasteiger partial charge in [-0.25, -0.2) is 0 Å². The zero-order valence-electron chi connectivity index (χ0n) is 19.6. The molecule has 1 aliphatic rings. The Kier molecular flexibility index (Phi) is 5.66. The van der Waals surface area contributed by atoms with Crippen LogP contribution in [0.5, 0.6) is 0 Å². The number of amides is 1. The number of anilines is 1. The van der Waals surface area contributed by atoms with E-state index in [1.54, 1.807) is 24.5 Å². The largest absolute Gasteiger partial charge is 0.507 e. The predicted molar refractivity (Wildman–Crippen MR) is 130 cm³/mol. The summed E-state index contributed by atoms with van der Waals surface area (Å²) in [6, 6.07) is 16.1. The fourth-order valence-electron chi connectivity index (χ4n) is 4.15. The molecule has 0 saturated carbocycles. The van der Waals surface area contributed by atoms with Gasteiger partial charge in [0.05, 0.1) is 11.6 Å². The Hall–Kier alpha value is -3.73. The lowest BCUT2D eigenvalue weighted by molar-refractivity contribution is -0.132. The van der Waals surface area contributed by atoms with Gasteiger partial charge in [0.25, 0.3) is 11.7 Å². The number of carbonyl (C=O) groups excluding carboxylic acids is 2. The fraction of sp³-hybridized carbons (Fsp3) is 0.250. The van der Waals surface area contributed by atoms with Crippen molar-refractivity contribution in [3.63, 3.8) is 0 Å². The van der Waals surface area contributed by atoms with E-state index >= 15 is 0 Å². The third-order valence-electron chi connectivity index (χ3n) is 6.14. The van der Waals surface area contributed by atoms with Crippen LogP contribution in [-0.4, -0.2) is 21.8 Å². The molecule has 0 spiro atoms. The Morgan fingerprint density at radius 2 is 1.58 bits per heavy atom. The maximum absolute atomic E-state index is 13.3. The third-order valence-corrected chi connectivity index (χ3v) is 6.14. The van der Waals surface area contributed by atoms with E-state index in [4.69, 9.17) is 0 Å². The molecule has 2 aromatic carbocycles. The molecule has 1 amide bonds. The summed E-state index contributed by atoms with van der Waals surface area (Å²) in [6.07, 6.45) is 3.24. The highest BCUT2D eigenvalue weighted by atomic mass is 16.3. The number of Topliss-reactive ketones (excluding diaryl/α,β-unsaturated/α-hetero) is 1. The summed E-state index contributed by atoms with van der Waals surface area (Å²) in [6.45, 7) is 10.1. The second kappa shape index (κ2) is 8.32. The number of hydrogen-bond donors (Lipinski definition) is 1. The van der Waals surface area contributed by atoms with Crippen molar-refractivity contribution in [2.24, 2.45) is 0 Å². The van der Waals surface area contributed by atoms with Gasteiger partial charge in [0.2, 0.25) is 0 Å². The van der Waals surface area contributed by atoms with E-state index in [1.165, 1.54) is 4.90 Å². The van der Waals surface area contributed by atoms with E-state index in [1.807, 2.05) is 56.3 Å². The first kappa shape index (κ1) is 22.5. The maximum atomic E-state index is 13.3. The zero-order valence-corrected chi connectivity index (χ0v) is 19.6. The Morgan fingerprint density at radius 3 is 2.18 bits per heavy atom. The number of rotatable bonds is 3. The minimum Gasteiger partial charge on any atom is -0.507 e. The van der Waals surface area contributed by atoms with Crippen LogP contribution in [0, 0.1) is 13.8 Å². The van der Waals surface area contributed by atoms with Crippen molar-refractivity contribution in [1.82, 2.24) is 4.98 Å². The third kappa shape index (κ3) is 4.07. The van der Waals surface area contributed by atoms with Crippen LogP contribution in [0.2, 0.25) is 0 Å². The summed E-state index contributed by atoms with van der Waals surface area (Å²) < 4.78 is 0. The van der Waals surface area contributed by atoms with Crippen molar-refractivity contribution in [1.29, 1.82) is 0 Å². The van der Waals surface area contributed by atoms with Gasteiger partial charge in [0.15, 0.2) is 0 Å². The van der Waals surface area contributed by atoms with Gasteiger partial charge in [-0.1, -0.05) is 50.6 Å². The van der Waals surface area contributed by atoms with Crippen LogP contribution in [0.3, 0.4) is 0 Å². The highest BCUT2D eigenvalue weighted by Gasteiger charge is 2.47. The second-order valence-electron chi connectivity index (χ2n) is 9.56. The smallest absolute Gasteiger partial charge is 0.300 e. The summed E-state index contributed by atoms with van der Waals surface area (Å²) in [5, 5.41) is 11.5. The van der Waals surface area contributed by atoms with Crippen LogP contribution in [0.1, 0.15) is 54.6 Å². The summed E-state index contributed by atoms with van der Waals surface area (Å²) in [5.41, 5.74) is 4.72. The quantitative estimate of drug-likeness (QED) is 0.326. The van der Waals surface area contributed by atoms with Crippen molar-refractivity contribution in [3.8, 4) is 0 Å². The fourth-order valence-corrected chi connectivity index (χ4v) is 4.15. The van der Waals surface area contributed by atoms with Crippen LogP contribution < -0.4 is 4.90 Å². The number of benzene rings is 2. The minimum atomic E-state index is -0.756. The van der Waals surface area contributed by atoms with E-state index in [0.717, 1.165) is 16.7 Å². The SMILES string of the molecule is Cc1ccc(N2C(=O)C(=O)/C(=C(/O)c3cc(C(C)(C)C)ccc3C)C2c2ccncc2)cc1. The van der Waals surface area contributed by atoms with Gasteiger partial charge in [-0.15, -0.1) is 0 Å². The van der Waals surface area contributed by atoms with Gasteiger partial charge >= 0.3 is 0 Å². The number of hydrogen-bond acceptors (Lipinski definition) is 4.